The van der Waals surface area contributed by atoms with E-state index < -0.39 is 23.9 Å². The standard InChI is InChI=1S/C20H17FN2O4/c1-12-16(19(25)26)3-2-4-17(12)22-20(27)23-10-9-15(24)11-18(23)13-5-7-14(21)8-6-13/h2-10,18H,11H2,1H3,(H,22,27)(H,25,26). The molecule has 2 aromatic carbocycles. The molecule has 1 aliphatic rings. The summed E-state index contributed by atoms with van der Waals surface area (Å²) in [7, 11) is 0. The Morgan fingerprint density at radius 2 is 1.89 bits per heavy atom. The van der Waals surface area contributed by atoms with Crippen LogP contribution in [-0.2, 0) is 4.79 Å². The highest BCUT2D eigenvalue weighted by Crippen LogP contribution is 2.30. The van der Waals surface area contributed by atoms with Crippen molar-refractivity contribution < 1.29 is 23.9 Å². The van der Waals surface area contributed by atoms with Gasteiger partial charge in [-0.2, -0.15) is 0 Å². The zero-order valence-corrected chi connectivity index (χ0v) is 14.5. The lowest BCUT2D eigenvalue weighted by Gasteiger charge is -2.31. The van der Waals surface area contributed by atoms with Crippen molar-refractivity contribution >= 4 is 23.5 Å². The van der Waals surface area contributed by atoms with Crippen LogP contribution < -0.4 is 5.32 Å². The number of halogens is 1. The fourth-order valence-electron chi connectivity index (χ4n) is 2.98. The van der Waals surface area contributed by atoms with Crippen molar-refractivity contribution in [3.05, 3.63) is 77.2 Å². The number of rotatable bonds is 3. The minimum atomic E-state index is -1.09. The number of amides is 2. The molecule has 7 heteroatoms. The molecular weight excluding hydrogens is 351 g/mol. The molecule has 0 radical (unpaired) electrons. The van der Waals surface area contributed by atoms with Crippen LogP contribution in [0.5, 0.6) is 0 Å². The number of aromatic carboxylic acids is 1. The summed E-state index contributed by atoms with van der Waals surface area (Å²) >= 11 is 0. The molecule has 0 aromatic heterocycles. The number of benzene rings is 2. The summed E-state index contributed by atoms with van der Waals surface area (Å²) in [4.78, 5) is 37.2. The summed E-state index contributed by atoms with van der Waals surface area (Å²) in [5.74, 6) is -1.64. The largest absolute Gasteiger partial charge is 0.478 e. The highest BCUT2D eigenvalue weighted by atomic mass is 19.1. The molecule has 1 heterocycles. The number of carbonyl (C=O) groups is 3. The molecule has 2 amide bonds. The van der Waals surface area contributed by atoms with Gasteiger partial charge in [0, 0.05) is 18.3 Å². The average Bonchev–Trinajstić information content (AvgIpc) is 2.63. The van der Waals surface area contributed by atoms with Crippen LogP contribution in [0.25, 0.3) is 0 Å². The number of carboxylic acid groups (broad SMARTS) is 1. The third-order valence-corrected chi connectivity index (χ3v) is 4.45. The summed E-state index contributed by atoms with van der Waals surface area (Å²) in [5, 5.41) is 11.9. The van der Waals surface area contributed by atoms with Crippen LogP contribution >= 0.6 is 0 Å². The van der Waals surface area contributed by atoms with E-state index in [2.05, 4.69) is 5.32 Å². The van der Waals surface area contributed by atoms with Gasteiger partial charge in [-0.25, -0.2) is 14.0 Å². The molecule has 0 spiro atoms. The summed E-state index contributed by atoms with van der Waals surface area (Å²) in [5.41, 5.74) is 1.50. The Balaban J connectivity index is 1.89. The second-order valence-electron chi connectivity index (χ2n) is 6.17. The summed E-state index contributed by atoms with van der Waals surface area (Å²) in [6, 6.07) is 9.11. The summed E-state index contributed by atoms with van der Waals surface area (Å²) in [6.07, 6.45) is 2.76. The summed E-state index contributed by atoms with van der Waals surface area (Å²) < 4.78 is 13.2. The lowest BCUT2D eigenvalue weighted by Crippen LogP contribution is -2.37. The van der Waals surface area contributed by atoms with E-state index in [1.54, 1.807) is 19.1 Å². The Kier molecular flexibility index (Phi) is 5.03. The molecule has 6 nitrogen and oxygen atoms in total. The topological polar surface area (TPSA) is 86.7 Å². The molecule has 2 aromatic rings. The molecule has 1 atom stereocenters. The van der Waals surface area contributed by atoms with Gasteiger partial charge in [0.25, 0.3) is 0 Å². The van der Waals surface area contributed by atoms with E-state index in [0.29, 0.717) is 16.8 Å². The minimum absolute atomic E-state index is 0.0731. The number of ketones is 1. The smallest absolute Gasteiger partial charge is 0.336 e. The zero-order valence-electron chi connectivity index (χ0n) is 14.5. The Morgan fingerprint density at radius 1 is 1.19 bits per heavy atom. The van der Waals surface area contributed by atoms with Crippen molar-refractivity contribution in [1.82, 2.24) is 4.90 Å². The number of allylic oxidation sites excluding steroid dienone is 1. The predicted molar refractivity (Wildman–Crippen MR) is 96.9 cm³/mol. The Bertz CT molecular complexity index is 937. The Hall–Kier alpha value is -3.48. The first kappa shape index (κ1) is 18.3. The first-order valence-corrected chi connectivity index (χ1v) is 8.25. The molecule has 3 rings (SSSR count). The van der Waals surface area contributed by atoms with E-state index in [1.807, 2.05) is 0 Å². The normalized spacial score (nSPS) is 16.3. The van der Waals surface area contributed by atoms with Crippen molar-refractivity contribution in [3.63, 3.8) is 0 Å². The second-order valence-corrected chi connectivity index (χ2v) is 6.17. The van der Waals surface area contributed by atoms with Gasteiger partial charge in [0.15, 0.2) is 5.78 Å². The van der Waals surface area contributed by atoms with Gasteiger partial charge in [-0.05, 0) is 48.4 Å². The third kappa shape index (κ3) is 3.87. The number of carboxylic acids is 1. The number of anilines is 1. The van der Waals surface area contributed by atoms with Gasteiger partial charge in [0.05, 0.1) is 11.6 Å². The van der Waals surface area contributed by atoms with E-state index in [-0.39, 0.29) is 17.8 Å². The fourth-order valence-corrected chi connectivity index (χ4v) is 2.98. The zero-order chi connectivity index (χ0) is 19.6. The first-order chi connectivity index (χ1) is 12.9. The molecule has 1 unspecified atom stereocenters. The van der Waals surface area contributed by atoms with Gasteiger partial charge in [-0.1, -0.05) is 18.2 Å². The quantitative estimate of drug-likeness (QED) is 0.860. The molecular formula is C20H17FN2O4. The van der Waals surface area contributed by atoms with Gasteiger partial charge in [0.2, 0.25) is 0 Å². The van der Waals surface area contributed by atoms with Crippen LogP contribution in [-0.4, -0.2) is 27.8 Å². The van der Waals surface area contributed by atoms with Crippen molar-refractivity contribution in [2.45, 2.75) is 19.4 Å². The molecule has 2 N–H and O–H groups in total. The van der Waals surface area contributed by atoms with Gasteiger partial charge in [0.1, 0.15) is 5.82 Å². The van der Waals surface area contributed by atoms with E-state index >= 15 is 0 Å². The number of nitrogens with one attached hydrogen (secondary N) is 1. The summed E-state index contributed by atoms with van der Waals surface area (Å²) in [6.45, 7) is 1.60. The Morgan fingerprint density at radius 3 is 2.56 bits per heavy atom. The van der Waals surface area contributed by atoms with E-state index in [4.69, 9.17) is 0 Å². The molecule has 0 bridgehead atoms. The van der Waals surface area contributed by atoms with Crippen molar-refractivity contribution in [2.75, 3.05) is 5.32 Å². The maximum Gasteiger partial charge on any atom is 0.336 e. The molecule has 0 saturated heterocycles. The van der Waals surface area contributed by atoms with Crippen LogP contribution in [0.1, 0.15) is 33.9 Å². The van der Waals surface area contributed by atoms with Crippen molar-refractivity contribution in [2.24, 2.45) is 0 Å². The van der Waals surface area contributed by atoms with E-state index in [0.717, 1.165) is 0 Å². The van der Waals surface area contributed by atoms with Crippen LogP contribution in [0, 0.1) is 12.7 Å². The highest BCUT2D eigenvalue weighted by Gasteiger charge is 2.29. The molecule has 0 fully saturated rings. The minimum Gasteiger partial charge on any atom is -0.478 e. The van der Waals surface area contributed by atoms with Gasteiger partial charge < -0.3 is 10.4 Å². The molecule has 1 aliphatic heterocycles. The number of urea groups is 1. The van der Waals surface area contributed by atoms with E-state index in [9.17, 15) is 23.9 Å². The monoisotopic (exact) mass is 368 g/mol. The average molecular weight is 368 g/mol. The van der Waals surface area contributed by atoms with Gasteiger partial charge in [-0.3, -0.25) is 9.69 Å². The van der Waals surface area contributed by atoms with E-state index in [1.165, 1.54) is 47.5 Å². The fraction of sp³-hybridized carbons (Fsp3) is 0.150. The number of hydrogen-bond donors (Lipinski definition) is 2. The van der Waals surface area contributed by atoms with Gasteiger partial charge >= 0.3 is 12.0 Å². The number of nitrogens with zero attached hydrogens (tertiary/aromatic N) is 1. The lowest BCUT2D eigenvalue weighted by molar-refractivity contribution is -0.116. The van der Waals surface area contributed by atoms with Crippen LogP contribution in [0.15, 0.2) is 54.7 Å². The predicted octanol–water partition coefficient (Wildman–Crippen LogP) is 3.89. The Labute approximate surface area is 154 Å². The van der Waals surface area contributed by atoms with Crippen LogP contribution in [0.3, 0.4) is 0 Å². The molecule has 0 saturated carbocycles. The molecule has 0 aliphatic carbocycles. The number of carbonyl (C=O) groups excluding carboxylic acids is 2. The SMILES string of the molecule is Cc1c(NC(=O)N2C=CC(=O)CC2c2ccc(F)cc2)cccc1C(=O)O. The highest BCUT2D eigenvalue weighted by molar-refractivity contribution is 5.98. The number of hydrogen-bond acceptors (Lipinski definition) is 3. The molecule has 138 valence electrons. The second kappa shape index (κ2) is 7.41. The maximum absolute atomic E-state index is 13.2. The first-order valence-electron chi connectivity index (χ1n) is 8.25. The van der Waals surface area contributed by atoms with Crippen LogP contribution in [0.2, 0.25) is 0 Å². The maximum atomic E-state index is 13.2. The van der Waals surface area contributed by atoms with Gasteiger partial charge in [-0.15, -0.1) is 0 Å². The lowest BCUT2D eigenvalue weighted by atomic mass is 9.97. The van der Waals surface area contributed by atoms with Crippen molar-refractivity contribution in [3.8, 4) is 0 Å². The molecule has 27 heavy (non-hydrogen) atoms. The van der Waals surface area contributed by atoms with Crippen LogP contribution in [0.4, 0.5) is 14.9 Å². The third-order valence-electron chi connectivity index (χ3n) is 4.45. The van der Waals surface area contributed by atoms with Crippen molar-refractivity contribution in [1.29, 1.82) is 0 Å².